The smallest absolute Gasteiger partial charge is 0.277 e. The molecular weight excluding hydrogens is 210 g/mol. The lowest BCUT2D eigenvalue weighted by Gasteiger charge is -2.39. The fourth-order valence-electron chi connectivity index (χ4n) is 1.74. The molecule has 0 bridgehead atoms. The average Bonchev–Trinajstić information content (AvgIpc) is 2.18. The summed E-state index contributed by atoms with van der Waals surface area (Å²) >= 11 is 0. The predicted molar refractivity (Wildman–Crippen MR) is 58.4 cm³/mol. The van der Waals surface area contributed by atoms with Gasteiger partial charge < -0.3 is 10.0 Å². The Labute approximate surface area is 92.7 Å². The van der Waals surface area contributed by atoms with Gasteiger partial charge in [0.15, 0.2) is 0 Å². The van der Waals surface area contributed by atoms with Crippen LogP contribution in [0.1, 0.15) is 5.56 Å². The van der Waals surface area contributed by atoms with E-state index in [4.69, 9.17) is 5.11 Å². The zero-order chi connectivity index (χ0) is 11.7. The molecule has 0 saturated carbocycles. The van der Waals surface area contributed by atoms with E-state index in [0.717, 1.165) is 0 Å². The van der Waals surface area contributed by atoms with Crippen molar-refractivity contribution in [3.05, 3.63) is 27.9 Å². The lowest BCUT2D eigenvalue weighted by atomic mass is 10.0. The second-order valence-electron chi connectivity index (χ2n) is 4.04. The second kappa shape index (κ2) is 4.05. The molecule has 1 fully saturated rings. The van der Waals surface area contributed by atoms with Gasteiger partial charge in [-0.1, -0.05) is 0 Å². The lowest BCUT2D eigenvalue weighted by molar-refractivity contribution is -0.385. The van der Waals surface area contributed by atoms with E-state index in [-0.39, 0.29) is 18.2 Å². The molecule has 0 radical (unpaired) electrons. The van der Waals surface area contributed by atoms with Gasteiger partial charge in [0.05, 0.1) is 11.0 Å². The monoisotopic (exact) mass is 223 g/mol. The van der Waals surface area contributed by atoms with Crippen molar-refractivity contribution >= 4 is 11.5 Å². The molecule has 0 amide bonds. The molecule has 0 atom stereocenters. The van der Waals surface area contributed by atoms with E-state index >= 15 is 0 Å². The number of anilines is 1. The molecule has 2 heterocycles. The number of aromatic nitrogens is 1. The Kier molecular flexibility index (Phi) is 2.74. The van der Waals surface area contributed by atoms with E-state index in [2.05, 4.69) is 4.98 Å². The summed E-state index contributed by atoms with van der Waals surface area (Å²) in [5.41, 5.74) is 0.658. The van der Waals surface area contributed by atoms with Gasteiger partial charge in [0.25, 0.3) is 5.69 Å². The quantitative estimate of drug-likeness (QED) is 0.603. The van der Waals surface area contributed by atoms with E-state index < -0.39 is 4.92 Å². The fraction of sp³-hybridized carbons (Fsp3) is 0.500. The molecule has 6 nitrogen and oxygen atoms in total. The molecule has 0 unspecified atom stereocenters. The number of aryl methyl sites for hydroxylation is 1. The number of pyridine rings is 1. The molecule has 2 rings (SSSR count). The van der Waals surface area contributed by atoms with Crippen LogP contribution in [0.3, 0.4) is 0 Å². The molecule has 1 aliphatic rings. The maximum atomic E-state index is 10.7. The van der Waals surface area contributed by atoms with Crippen LogP contribution in [-0.4, -0.2) is 34.7 Å². The van der Waals surface area contributed by atoms with Crippen LogP contribution in [0.2, 0.25) is 0 Å². The Morgan fingerprint density at radius 3 is 2.94 bits per heavy atom. The second-order valence-corrected chi connectivity index (χ2v) is 4.04. The maximum Gasteiger partial charge on any atom is 0.277 e. The summed E-state index contributed by atoms with van der Waals surface area (Å²) < 4.78 is 0. The van der Waals surface area contributed by atoms with Gasteiger partial charge in [-0.3, -0.25) is 10.1 Å². The van der Waals surface area contributed by atoms with Gasteiger partial charge in [0, 0.05) is 37.4 Å². The van der Waals surface area contributed by atoms with E-state index in [1.165, 1.54) is 12.3 Å². The number of rotatable bonds is 3. The summed E-state index contributed by atoms with van der Waals surface area (Å²) in [5, 5.41) is 19.6. The Hall–Kier alpha value is -1.69. The summed E-state index contributed by atoms with van der Waals surface area (Å²) in [6, 6.07) is 1.49. The van der Waals surface area contributed by atoms with Crippen molar-refractivity contribution in [1.29, 1.82) is 0 Å². The average molecular weight is 223 g/mol. The fourth-order valence-corrected chi connectivity index (χ4v) is 1.74. The third kappa shape index (κ3) is 1.83. The number of aliphatic hydroxyl groups is 1. The highest BCUT2D eigenvalue weighted by Crippen LogP contribution is 2.27. The Morgan fingerprint density at radius 1 is 1.69 bits per heavy atom. The molecule has 1 aromatic rings. The zero-order valence-corrected chi connectivity index (χ0v) is 8.96. The van der Waals surface area contributed by atoms with Gasteiger partial charge in [0.1, 0.15) is 5.82 Å². The van der Waals surface area contributed by atoms with Crippen molar-refractivity contribution in [2.75, 3.05) is 24.6 Å². The highest BCUT2D eigenvalue weighted by molar-refractivity contribution is 5.52. The molecule has 1 N–H and O–H groups in total. The Morgan fingerprint density at radius 2 is 2.38 bits per heavy atom. The van der Waals surface area contributed by atoms with Crippen molar-refractivity contribution in [3.8, 4) is 0 Å². The number of nitro groups is 1. The molecular formula is C10H13N3O3. The number of hydrogen-bond donors (Lipinski definition) is 1. The highest BCUT2D eigenvalue weighted by atomic mass is 16.6. The van der Waals surface area contributed by atoms with Gasteiger partial charge in [-0.2, -0.15) is 0 Å². The third-order valence-electron chi connectivity index (χ3n) is 2.80. The number of hydrogen-bond acceptors (Lipinski definition) is 5. The predicted octanol–water partition coefficient (Wildman–Crippen LogP) is 0.727. The molecule has 6 heteroatoms. The minimum Gasteiger partial charge on any atom is -0.396 e. The SMILES string of the molecule is Cc1cnc(N2CC(CO)C2)cc1[N+](=O)[O-]. The normalized spacial score (nSPS) is 16.0. The summed E-state index contributed by atoms with van der Waals surface area (Å²) in [6.45, 7) is 3.25. The van der Waals surface area contributed by atoms with Crippen molar-refractivity contribution < 1.29 is 10.0 Å². The van der Waals surface area contributed by atoms with Crippen LogP contribution in [0.5, 0.6) is 0 Å². The first-order chi connectivity index (χ1) is 7.61. The van der Waals surface area contributed by atoms with Gasteiger partial charge in [0.2, 0.25) is 0 Å². The zero-order valence-electron chi connectivity index (χ0n) is 8.96. The molecule has 0 spiro atoms. The van der Waals surface area contributed by atoms with Crippen LogP contribution in [0.25, 0.3) is 0 Å². The van der Waals surface area contributed by atoms with Crippen LogP contribution < -0.4 is 4.90 Å². The number of nitrogens with zero attached hydrogens (tertiary/aromatic N) is 3. The first-order valence-corrected chi connectivity index (χ1v) is 5.08. The topological polar surface area (TPSA) is 79.5 Å². The molecule has 0 aliphatic carbocycles. The van der Waals surface area contributed by atoms with Crippen LogP contribution >= 0.6 is 0 Å². The van der Waals surface area contributed by atoms with Crippen molar-refractivity contribution in [1.82, 2.24) is 4.98 Å². The maximum absolute atomic E-state index is 10.7. The number of aliphatic hydroxyl groups excluding tert-OH is 1. The van der Waals surface area contributed by atoms with Gasteiger partial charge in [-0.25, -0.2) is 4.98 Å². The lowest BCUT2D eigenvalue weighted by Crippen LogP contribution is -2.48. The van der Waals surface area contributed by atoms with Gasteiger partial charge in [-0.15, -0.1) is 0 Å². The van der Waals surface area contributed by atoms with Crippen LogP contribution in [0.4, 0.5) is 11.5 Å². The minimum absolute atomic E-state index is 0.0949. The van der Waals surface area contributed by atoms with E-state index in [0.29, 0.717) is 24.5 Å². The molecule has 1 aliphatic heterocycles. The Balaban J connectivity index is 2.18. The van der Waals surface area contributed by atoms with E-state index in [1.807, 2.05) is 4.90 Å². The van der Waals surface area contributed by atoms with Crippen molar-refractivity contribution in [2.24, 2.45) is 5.92 Å². The van der Waals surface area contributed by atoms with Crippen LogP contribution in [-0.2, 0) is 0 Å². The Bertz CT molecular complexity index is 416. The van der Waals surface area contributed by atoms with Crippen LogP contribution in [0.15, 0.2) is 12.3 Å². The van der Waals surface area contributed by atoms with Crippen molar-refractivity contribution in [3.63, 3.8) is 0 Å². The molecule has 86 valence electrons. The van der Waals surface area contributed by atoms with Crippen LogP contribution in [0, 0.1) is 23.0 Å². The summed E-state index contributed by atoms with van der Waals surface area (Å²) in [4.78, 5) is 16.4. The standard InChI is InChI=1S/C10H13N3O3/c1-7-3-11-10(2-9(7)13(15)16)12-4-8(5-12)6-14/h2-3,8,14H,4-6H2,1H3. The van der Waals surface area contributed by atoms with Gasteiger partial charge >= 0.3 is 0 Å². The third-order valence-corrected chi connectivity index (χ3v) is 2.80. The highest BCUT2D eigenvalue weighted by Gasteiger charge is 2.28. The first kappa shape index (κ1) is 10.8. The van der Waals surface area contributed by atoms with E-state index in [9.17, 15) is 10.1 Å². The summed E-state index contributed by atoms with van der Waals surface area (Å²) in [7, 11) is 0. The molecule has 16 heavy (non-hydrogen) atoms. The summed E-state index contributed by atoms with van der Waals surface area (Å²) in [5.74, 6) is 0.879. The summed E-state index contributed by atoms with van der Waals surface area (Å²) in [6.07, 6.45) is 1.51. The molecule has 1 saturated heterocycles. The minimum atomic E-state index is -0.399. The molecule has 0 aromatic carbocycles. The van der Waals surface area contributed by atoms with Gasteiger partial charge in [-0.05, 0) is 6.92 Å². The van der Waals surface area contributed by atoms with Crippen molar-refractivity contribution in [2.45, 2.75) is 6.92 Å². The first-order valence-electron chi connectivity index (χ1n) is 5.08. The molecule has 1 aromatic heterocycles. The largest absolute Gasteiger partial charge is 0.396 e. The van der Waals surface area contributed by atoms with E-state index in [1.54, 1.807) is 6.92 Å².